The summed E-state index contributed by atoms with van der Waals surface area (Å²) in [7, 11) is 0. The van der Waals surface area contributed by atoms with Crippen molar-refractivity contribution in [3.05, 3.63) is 117 Å². The number of H-pyrrole nitrogens is 1. The fourth-order valence-electron chi connectivity index (χ4n) is 4.15. The van der Waals surface area contributed by atoms with Crippen LogP contribution in [0, 0.1) is 19.7 Å². The number of fused-ring (bicyclic) bond motifs is 1. The van der Waals surface area contributed by atoms with Crippen molar-refractivity contribution in [2.75, 3.05) is 0 Å². The molecule has 174 valence electrons. The summed E-state index contributed by atoms with van der Waals surface area (Å²) in [5.74, 6) is -0.287. The molecule has 0 radical (unpaired) electrons. The van der Waals surface area contributed by atoms with Crippen molar-refractivity contribution >= 4 is 28.2 Å². The van der Waals surface area contributed by atoms with Crippen LogP contribution in [0.3, 0.4) is 0 Å². The quantitative estimate of drug-likeness (QED) is 0.341. The predicted octanol–water partition coefficient (Wildman–Crippen LogP) is 5.92. The minimum absolute atomic E-state index is 0.00970. The van der Waals surface area contributed by atoms with Crippen molar-refractivity contribution in [3.63, 3.8) is 0 Å². The van der Waals surface area contributed by atoms with E-state index in [1.807, 2.05) is 68.1 Å². The van der Waals surface area contributed by atoms with Crippen LogP contribution in [0.25, 0.3) is 10.9 Å². The number of thiocarbonyl (C=S) groups is 1. The molecular formula is C28H28FN3OS. The lowest BCUT2D eigenvalue weighted by atomic mass is 10.0. The Morgan fingerprint density at radius 3 is 2.44 bits per heavy atom. The van der Waals surface area contributed by atoms with Crippen LogP contribution in [0.5, 0.6) is 0 Å². The molecule has 1 atom stereocenters. The summed E-state index contributed by atoms with van der Waals surface area (Å²) >= 11 is 5.79. The monoisotopic (exact) mass is 473 g/mol. The van der Waals surface area contributed by atoms with E-state index in [9.17, 15) is 9.18 Å². The first-order valence-electron chi connectivity index (χ1n) is 11.3. The van der Waals surface area contributed by atoms with Gasteiger partial charge in [-0.2, -0.15) is 0 Å². The van der Waals surface area contributed by atoms with E-state index in [4.69, 9.17) is 12.2 Å². The second-order valence-corrected chi connectivity index (χ2v) is 9.12. The molecule has 0 bridgehead atoms. The molecule has 34 heavy (non-hydrogen) atoms. The van der Waals surface area contributed by atoms with Crippen LogP contribution in [0.15, 0.2) is 77.6 Å². The number of benzene rings is 3. The Hall–Kier alpha value is -3.51. The topological polar surface area (TPSA) is 48.1 Å². The number of aryl methyl sites for hydroxylation is 2. The average molecular weight is 474 g/mol. The highest BCUT2D eigenvalue weighted by Crippen LogP contribution is 2.20. The van der Waals surface area contributed by atoms with Gasteiger partial charge in [0.05, 0.1) is 12.6 Å². The fourth-order valence-corrected chi connectivity index (χ4v) is 4.46. The first-order chi connectivity index (χ1) is 16.3. The molecule has 3 aromatic carbocycles. The zero-order valence-electron chi connectivity index (χ0n) is 19.6. The first-order valence-corrected chi connectivity index (χ1v) is 11.7. The molecule has 0 aliphatic rings. The minimum Gasteiger partial charge on any atom is -0.356 e. The number of pyridine rings is 1. The van der Waals surface area contributed by atoms with E-state index in [0.717, 1.165) is 33.2 Å². The molecule has 1 heterocycles. The summed E-state index contributed by atoms with van der Waals surface area (Å²) in [6, 6.07) is 22.4. The molecule has 1 aromatic heterocycles. The molecule has 6 heteroatoms. The summed E-state index contributed by atoms with van der Waals surface area (Å²) in [6.45, 7) is 6.87. The van der Waals surface area contributed by atoms with Crippen LogP contribution >= 0.6 is 12.2 Å². The first kappa shape index (κ1) is 23.6. The number of aromatic nitrogens is 1. The second-order valence-electron chi connectivity index (χ2n) is 8.73. The van der Waals surface area contributed by atoms with Gasteiger partial charge in [-0.05, 0) is 79.5 Å². The lowest BCUT2D eigenvalue weighted by Gasteiger charge is -2.28. The molecule has 4 aromatic rings. The number of rotatable bonds is 6. The van der Waals surface area contributed by atoms with Crippen LogP contribution in [0.2, 0.25) is 0 Å². The van der Waals surface area contributed by atoms with Gasteiger partial charge in [-0.3, -0.25) is 4.79 Å². The summed E-state index contributed by atoms with van der Waals surface area (Å²) in [6.07, 6.45) is 0. The fraction of sp³-hybridized carbons (Fsp3) is 0.214. The van der Waals surface area contributed by atoms with Gasteiger partial charge in [0.25, 0.3) is 5.56 Å². The Morgan fingerprint density at radius 2 is 1.74 bits per heavy atom. The molecule has 4 nitrogen and oxygen atoms in total. The average Bonchev–Trinajstić information content (AvgIpc) is 2.81. The van der Waals surface area contributed by atoms with Crippen LogP contribution in [-0.2, 0) is 13.1 Å². The molecule has 0 aliphatic heterocycles. The molecule has 2 N–H and O–H groups in total. The number of nitrogens with zero attached hydrogens (tertiary/aromatic N) is 1. The van der Waals surface area contributed by atoms with E-state index in [1.165, 1.54) is 12.1 Å². The van der Waals surface area contributed by atoms with Crippen LogP contribution in [0.4, 0.5) is 4.39 Å². The highest BCUT2D eigenvalue weighted by Gasteiger charge is 2.17. The number of aromatic amines is 1. The molecule has 0 saturated heterocycles. The third kappa shape index (κ3) is 5.51. The van der Waals surface area contributed by atoms with Gasteiger partial charge < -0.3 is 15.2 Å². The van der Waals surface area contributed by atoms with Gasteiger partial charge in [0.1, 0.15) is 5.82 Å². The van der Waals surface area contributed by atoms with E-state index in [-0.39, 0.29) is 17.4 Å². The normalized spacial score (nSPS) is 11.9. The maximum Gasteiger partial charge on any atom is 0.253 e. The number of halogens is 1. The highest BCUT2D eigenvalue weighted by atomic mass is 32.1. The van der Waals surface area contributed by atoms with Gasteiger partial charge in [0, 0.05) is 23.0 Å². The van der Waals surface area contributed by atoms with Crippen molar-refractivity contribution in [1.82, 2.24) is 15.2 Å². The number of hydrogen-bond donors (Lipinski definition) is 2. The zero-order valence-corrected chi connectivity index (χ0v) is 20.4. The lowest BCUT2D eigenvalue weighted by molar-refractivity contribution is 0.392. The molecule has 0 saturated carbocycles. The SMILES string of the molecule is Cc1cc(C)c2cc(CN(Cc3ccc(F)cc3)C(=S)N[C@@H](C)c3ccccc3)c(=O)[nH]c2c1. The predicted molar refractivity (Wildman–Crippen MR) is 140 cm³/mol. The van der Waals surface area contributed by atoms with Crippen molar-refractivity contribution in [2.45, 2.75) is 39.9 Å². The molecule has 0 aliphatic carbocycles. The third-order valence-electron chi connectivity index (χ3n) is 5.96. The molecule has 0 unspecified atom stereocenters. The Kier molecular flexibility index (Phi) is 7.08. The molecule has 0 fully saturated rings. The lowest BCUT2D eigenvalue weighted by Crippen LogP contribution is -2.41. The number of hydrogen-bond acceptors (Lipinski definition) is 2. The molecular weight excluding hydrogens is 445 g/mol. The smallest absolute Gasteiger partial charge is 0.253 e. The van der Waals surface area contributed by atoms with Gasteiger partial charge in [-0.15, -0.1) is 0 Å². The van der Waals surface area contributed by atoms with Crippen molar-refractivity contribution in [2.24, 2.45) is 0 Å². The Morgan fingerprint density at radius 1 is 1.03 bits per heavy atom. The molecule has 0 spiro atoms. The van der Waals surface area contributed by atoms with Gasteiger partial charge in [0.2, 0.25) is 0 Å². The van der Waals surface area contributed by atoms with E-state index in [1.54, 1.807) is 12.1 Å². The van der Waals surface area contributed by atoms with Crippen LogP contribution in [0.1, 0.15) is 40.8 Å². The van der Waals surface area contributed by atoms with Gasteiger partial charge in [-0.25, -0.2) is 4.39 Å². The summed E-state index contributed by atoms with van der Waals surface area (Å²) in [4.78, 5) is 17.9. The zero-order chi connectivity index (χ0) is 24.2. The second kappa shape index (κ2) is 10.2. The van der Waals surface area contributed by atoms with Crippen LogP contribution < -0.4 is 10.9 Å². The molecule has 4 rings (SSSR count). The largest absolute Gasteiger partial charge is 0.356 e. The summed E-state index contributed by atoms with van der Waals surface area (Å²) < 4.78 is 13.5. The van der Waals surface area contributed by atoms with Crippen molar-refractivity contribution in [3.8, 4) is 0 Å². The third-order valence-corrected chi connectivity index (χ3v) is 6.34. The van der Waals surface area contributed by atoms with Gasteiger partial charge >= 0.3 is 0 Å². The maximum atomic E-state index is 13.5. The standard InChI is InChI=1S/C28H28FN3OS/c1-18-13-19(2)25-15-23(27(33)31-26(25)14-18)17-32(16-21-9-11-24(29)12-10-21)28(34)30-20(3)22-7-5-4-6-8-22/h4-15,20H,16-17H2,1-3H3,(H,30,34)(H,31,33)/t20-/m0/s1. The van der Waals surface area contributed by atoms with E-state index in [2.05, 4.69) is 16.4 Å². The van der Waals surface area contributed by atoms with Crippen molar-refractivity contribution in [1.29, 1.82) is 0 Å². The van der Waals surface area contributed by atoms with E-state index < -0.39 is 0 Å². The minimum atomic E-state index is -0.287. The maximum absolute atomic E-state index is 13.5. The highest BCUT2D eigenvalue weighted by molar-refractivity contribution is 7.80. The van der Waals surface area contributed by atoms with E-state index in [0.29, 0.717) is 23.8 Å². The summed E-state index contributed by atoms with van der Waals surface area (Å²) in [5, 5.41) is 4.94. The van der Waals surface area contributed by atoms with Crippen LogP contribution in [-0.4, -0.2) is 15.0 Å². The van der Waals surface area contributed by atoms with E-state index >= 15 is 0 Å². The van der Waals surface area contributed by atoms with Crippen molar-refractivity contribution < 1.29 is 4.39 Å². The Bertz CT molecular complexity index is 1370. The van der Waals surface area contributed by atoms with Gasteiger partial charge in [0.15, 0.2) is 5.11 Å². The Labute approximate surface area is 204 Å². The summed E-state index contributed by atoms with van der Waals surface area (Å²) in [5.41, 5.74) is 5.54. The Balaban J connectivity index is 1.65. The molecule has 0 amide bonds. The van der Waals surface area contributed by atoms with Gasteiger partial charge in [-0.1, -0.05) is 48.5 Å². The number of nitrogens with one attached hydrogen (secondary N) is 2.